The lowest BCUT2D eigenvalue weighted by atomic mass is 10.9. The number of halogens is 2. The normalized spacial score (nSPS) is 13.9. The van der Waals surface area contributed by atoms with Crippen molar-refractivity contribution < 1.29 is 0 Å². The Morgan fingerprint density at radius 1 is 0.714 bits per heavy atom. The Balaban J connectivity index is 4.54. The maximum Gasteiger partial charge on any atom is 0.178 e. The van der Waals surface area contributed by atoms with Crippen molar-refractivity contribution in [3.63, 3.8) is 0 Å². The predicted molar refractivity (Wildman–Crippen MR) is 74.3 cm³/mol. The van der Waals surface area contributed by atoms with Crippen LogP contribution in [0.5, 0.6) is 0 Å². The van der Waals surface area contributed by atoms with Crippen LogP contribution in [-0.2, 0) is 0 Å². The van der Waals surface area contributed by atoms with Crippen LogP contribution >= 0.6 is 22.2 Å². The van der Waals surface area contributed by atoms with E-state index in [0.717, 1.165) is 24.2 Å². The van der Waals surface area contributed by atoms with Crippen LogP contribution in [0.2, 0.25) is 24.2 Å². The van der Waals surface area contributed by atoms with Crippen LogP contribution in [0.1, 0.15) is 27.7 Å². The third-order valence-corrected chi connectivity index (χ3v) is 13.6. The van der Waals surface area contributed by atoms with E-state index in [4.69, 9.17) is 22.2 Å². The molecule has 0 aromatic carbocycles. The fourth-order valence-electron chi connectivity index (χ4n) is 1.27. The zero-order valence-electron chi connectivity index (χ0n) is 9.74. The molecule has 0 atom stereocenters. The monoisotopic (exact) mass is 268 g/mol. The zero-order valence-corrected chi connectivity index (χ0v) is 13.3. The summed E-state index contributed by atoms with van der Waals surface area (Å²) in [4.78, 5) is 0. The Kier molecular flexibility index (Phi) is 6.70. The van der Waals surface area contributed by atoms with E-state index in [9.17, 15) is 0 Å². The molecule has 84 valence electrons. The lowest BCUT2D eigenvalue weighted by Gasteiger charge is -2.20. The zero-order chi connectivity index (χ0) is 11.2. The molecule has 14 heavy (non-hydrogen) atoms. The van der Waals surface area contributed by atoms with Gasteiger partial charge in [0.15, 0.2) is 14.8 Å². The van der Waals surface area contributed by atoms with Crippen molar-refractivity contribution in [3.8, 4) is 0 Å². The Morgan fingerprint density at radius 2 is 0.929 bits per heavy atom. The largest absolute Gasteiger partial charge is 0.178 e. The summed E-state index contributed by atoms with van der Waals surface area (Å²) in [5.41, 5.74) is 4.56. The van der Waals surface area contributed by atoms with Gasteiger partial charge >= 0.3 is 0 Å². The van der Waals surface area contributed by atoms with Crippen molar-refractivity contribution in [2.45, 2.75) is 51.9 Å². The molecule has 0 saturated heterocycles. The highest BCUT2D eigenvalue weighted by atomic mass is 35.6. The highest BCUT2D eigenvalue weighted by molar-refractivity contribution is 7.26. The number of hydrogen-bond donors (Lipinski definition) is 0. The Labute approximate surface area is 100 Å². The van der Waals surface area contributed by atoms with Gasteiger partial charge in [-0.3, -0.25) is 0 Å². The summed E-state index contributed by atoms with van der Waals surface area (Å²) in [6, 6.07) is 4.43. The number of rotatable bonds is 6. The molecule has 0 aliphatic heterocycles. The molecule has 0 aliphatic carbocycles. The first-order valence-electron chi connectivity index (χ1n) is 5.53. The molecular weight excluding hydrogens is 247 g/mol. The van der Waals surface area contributed by atoms with Gasteiger partial charge in [-0.25, -0.2) is 0 Å². The van der Waals surface area contributed by atoms with E-state index in [1.54, 1.807) is 0 Å². The van der Waals surface area contributed by atoms with Crippen LogP contribution in [0.3, 0.4) is 0 Å². The predicted octanol–water partition coefficient (Wildman–Crippen LogP) is 5.07. The molecule has 0 rings (SSSR count). The van der Waals surface area contributed by atoms with E-state index in [1.807, 2.05) is 0 Å². The fourth-order valence-corrected chi connectivity index (χ4v) is 6.74. The summed E-state index contributed by atoms with van der Waals surface area (Å²) in [7, 11) is -3.20. The molecule has 0 fully saturated rings. The Hall–Kier alpha value is 0.754. The van der Waals surface area contributed by atoms with Crippen molar-refractivity contribution in [2.24, 2.45) is 0 Å². The lowest BCUT2D eigenvalue weighted by molar-refractivity contribution is 1.30. The van der Waals surface area contributed by atoms with Crippen LogP contribution in [-0.4, -0.2) is 14.8 Å². The summed E-state index contributed by atoms with van der Waals surface area (Å²) in [5.74, 6) is 0. The molecular formula is C10H22Cl2Si2. The van der Waals surface area contributed by atoms with Gasteiger partial charge < -0.3 is 0 Å². The van der Waals surface area contributed by atoms with Gasteiger partial charge in [0, 0.05) is 0 Å². The van der Waals surface area contributed by atoms with Gasteiger partial charge in [0.1, 0.15) is 0 Å². The van der Waals surface area contributed by atoms with Crippen LogP contribution in [0.4, 0.5) is 0 Å². The first kappa shape index (κ1) is 14.8. The van der Waals surface area contributed by atoms with Gasteiger partial charge in [-0.15, -0.1) is 0 Å². The van der Waals surface area contributed by atoms with Gasteiger partial charge in [-0.1, -0.05) is 39.1 Å². The number of hydrogen-bond acceptors (Lipinski definition) is 0. The second-order valence-electron chi connectivity index (χ2n) is 3.82. The smallest absolute Gasteiger partial charge is 0.162 e. The van der Waals surface area contributed by atoms with Gasteiger partial charge in [0.05, 0.1) is 0 Å². The maximum absolute atomic E-state index is 6.54. The molecule has 0 bridgehead atoms. The van der Waals surface area contributed by atoms with E-state index < -0.39 is 14.8 Å². The fraction of sp³-hybridized carbons (Fsp3) is 0.800. The molecule has 4 heteroatoms. The molecule has 0 N–H and O–H groups in total. The standard InChI is InChI=1S/C10H22Cl2Si2/c1-5-13(11,6-2)9-10-14(12,7-3)8-4/h9-10H,5-8H2,1-4H3/b10-9+. The molecule has 0 radical (unpaired) electrons. The van der Waals surface area contributed by atoms with Crippen molar-refractivity contribution in [1.82, 2.24) is 0 Å². The topological polar surface area (TPSA) is 0 Å². The van der Waals surface area contributed by atoms with E-state index in [1.165, 1.54) is 0 Å². The molecule has 0 aliphatic rings. The third kappa shape index (κ3) is 4.52. The van der Waals surface area contributed by atoms with Gasteiger partial charge in [0.2, 0.25) is 0 Å². The molecule has 0 aromatic rings. The minimum absolute atomic E-state index is 1.11. The third-order valence-electron chi connectivity index (χ3n) is 3.03. The van der Waals surface area contributed by atoms with Gasteiger partial charge in [-0.05, 0) is 24.2 Å². The summed E-state index contributed by atoms with van der Waals surface area (Å²) < 4.78 is 0. The van der Waals surface area contributed by atoms with Crippen molar-refractivity contribution in [2.75, 3.05) is 0 Å². The molecule has 0 spiro atoms. The molecule has 0 nitrogen and oxygen atoms in total. The SMILES string of the molecule is CC[Si](Cl)(/C=C/[Si](Cl)(CC)CC)CC. The second kappa shape index (κ2) is 6.36. The first-order chi connectivity index (χ1) is 6.45. The van der Waals surface area contributed by atoms with E-state index >= 15 is 0 Å². The van der Waals surface area contributed by atoms with Crippen molar-refractivity contribution >= 4 is 36.9 Å². The molecule has 0 unspecified atom stereocenters. The quantitative estimate of drug-likeness (QED) is 0.466. The van der Waals surface area contributed by atoms with Crippen LogP contribution in [0.15, 0.2) is 11.4 Å². The van der Waals surface area contributed by atoms with E-state index in [2.05, 4.69) is 39.1 Å². The molecule has 0 heterocycles. The maximum atomic E-state index is 6.54. The lowest BCUT2D eigenvalue weighted by Crippen LogP contribution is -2.27. The summed E-state index contributed by atoms with van der Waals surface area (Å²) in [5, 5.41) is 0. The Bertz CT molecular complexity index is 165. The summed E-state index contributed by atoms with van der Waals surface area (Å²) in [6.45, 7) is 8.73. The molecule has 0 saturated carbocycles. The van der Waals surface area contributed by atoms with Crippen LogP contribution in [0, 0.1) is 0 Å². The molecule has 0 amide bonds. The average molecular weight is 269 g/mol. The van der Waals surface area contributed by atoms with Crippen LogP contribution in [0.25, 0.3) is 0 Å². The van der Waals surface area contributed by atoms with E-state index in [-0.39, 0.29) is 0 Å². The summed E-state index contributed by atoms with van der Waals surface area (Å²) in [6.07, 6.45) is 0. The minimum Gasteiger partial charge on any atom is -0.162 e. The highest BCUT2D eigenvalue weighted by Gasteiger charge is 2.27. The van der Waals surface area contributed by atoms with E-state index in [0.29, 0.717) is 0 Å². The van der Waals surface area contributed by atoms with Gasteiger partial charge in [0.25, 0.3) is 0 Å². The molecule has 0 aromatic heterocycles. The Morgan fingerprint density at radius 3 is 1.07 bits per heavy atom. The highest BCUT2D eigenvalue weighted by Crippen LogP contribution is 2.26. The average Bonchev–Trinajstić information content (AvgIpc) is 2.25. The minimum atomic E-state index is -1.60. The second-order valence-corrected chi connectivity index (χ2v) is 16.0. The van der Waals surface area contributed by atoms with Gasteiger partial charge in [-0.2, -0.15) is 22.2 Å². The van der Waals surface area contributed by atoms with Crippen molar-refractivity contribution in [3.05, 3.63) is 11.4 Å². The first-order valence-corrected chi connectivity index (χ1v) is 12.5. The summed E-state index contributed by atoms with van der Waals surface area (Å²) >= 11 is 13.1. The van der Waals surface area contributed by atoms with Crippen LogP contribution < -0.4 is 0 Å². The van der Waals surface area contributed by atoms with Crippen molar-refractivity contribution in [1.29, 1.82) is 0 Å².